The maximum atomic E-state index is 5.34. The van der Waals surface area contributed by atoms with Gasteiger partial charge in [0.15, 0.2) is 11.8 Å². The zero-order chi connectivity index (χ0) is 18.2. The van der Waals surface area contributed by atoms with E-state index in [0.29, 0.717) is 12.0 Å². The van der Waals surface area contributed by atoms with Crippen LogP contribution >= 0.6 is 0 Å². The molecule has 0 saturated heterocycles. The predicted molar refractivity (Wildman–Crippen MR) is 103 cm³/mol. The van der Waals surface area contributed by atoms with Crippen LogP contribution in [0.1, 0.15) is 63.5 Å². The Hall–Kier alpha value is -1.63. The quantitative estimate of drug-likeness (QED) is 0.548. The molecular formula is C19H34N6O. The molecule has 1 saturated carbocycles. The molecule has 1 aliphatic carbocycles. The molecule has 2 heterocycles. The number of methoxy groups -OCH3 is 1. The van der Waals surface area contributed by atoms with E-state index < -0.39 is 0 Å². The van der Waals surface area contributed by atoms with Gasteiger partial charge in [-0.25, -0.2) is 4.99 Å². The van der Waals surface area contributed by atoms with E-state index in [9.17, 15) is 0 Å². The lowest BCUT2D eigenvalue weighted by Gasteiger charge is -2.30. The molecule has 0 bridgehead atoms. The Morgan fingerprint density at radius 3 is 2.81 bits per heavy atom. The molecular weight excluding hydrogens is 328 g/mol. The molecule has 2 aliphatic rings. The highest BCUT2D eigenvalue weighted by atomic mass is 16.5. The Morgan fingerprint density at radius 1 is 1.19 bits per heavy atom. The summed E-state index contributed by atoms with van der Waals surface area (Å²) in [6.07, 6.45) is 9.79. The van der Waals surface area contributed by atoms with Crippen LogP contribution in [-0.2, 0) is 24.2 Å². The third-order valence-corrected chi connectivity index (χ3v) is 5.79. The van der Waals surface area contributed by atoms with Gasteiger partial charge in [-0.3, -0.25) is 0 Å². The molecule has 1 aromatic rings. The summed E-state index contributed by atoms with van der Waals surface area (Å²) in [5, 5.41) is 15.6. The van der Waals surface area contributed by atoms with Gasteiger partial charge in [-0.1, -0.05) is 12.8 Å². The second-order valence-electron chi connectivity index (χ2n) is 7.64. The van der Waals surface area contributed by atoms with Gasteiger partial charge in [0.2, 0.25) is 0 Å². The van der Waals surface area contributed by atoms with E-state index in [1.807, 2.05) is 0 Å². The fourth-order valence-corrected chi connectivity index (χ4v) is 4.21. The van der Waals surface area contributed by atoms with Crippen molar-refractivity contribution in [2.75, 3.05) is 26.8 Å². The van der Waals surface area contributed by atoms with E-state index in [2.05, 4.69) is 32.3 Å². The first-order valence-corrected chi connectivity index (χ1v) is 10.2. The van der Waals surface area contributed by atoms with Gasteiger partial charge in [0.1, 0.15) is 12.4 Å². The molecule has 1 fully saturated rings. The minimum atomic E-state index is 0.347. The van der Waals surface area contributed by atoms with Gasteiger partial charge < -0.3 is 19.9 Å². The topological polar surface area (TPSA) is 76.4 Å². The standard InChI is InChI=1S/C19H34N6O/c1-3-20-18(22-15-19(11-13-26-2)9-5-6-10-19)21-14-17-24-23-16-8-4-7-12-25(16)17/h3-15H2,1-2H3,(H2,20,21,22). The third-order valence-electron chi connectivity index (χ3n) is 5.79. The zero-order valence-electron chi connectivity index (χ0n) is 16.4. The van der Waals surface area contributed by atoms with Crippen LogP contribution in [0.3, 0.4) is 0 Å². The Balaban J connectivity index is 1.61. The van der Waals surface area contributed by atoms with Gasteiger partial charge in [-0.15, -0.1) is 10.2 Å². The SMILES string of the molecule is CCNC(=NCc1nnc2n1CCCC2)NCC1(CCOC)CCCC1. The molecule has 0 aromatic carbocycles. The molecule has 7 nitrogen and oxygen atoms in total. The zero-order valence-corrected chi connectivity index (χ0v) is 16.4. The number of hydrogen-bond acceptors (Lipinski definition) is 4. The molecule has 1 aromatic heterocycles. The van der Waals surface area contributed by atoms with Crippen molar-refractivity contribution in [3.05, 3.63) is 11.6 Å². The summed E-state index contributed by atoms with van der Waals surface area (Å²) in [5.41, 5.74) is 0.347. The van der Waals surface area contributed by atoms with E-state index in [0.717, 1.165) is 56.7 Å². The molecule has 2 N–H and O–H groups in total. The summed E-state index contributed by atoms with van der Waals surface area (Å²) >= 11 is 0. The molecule has 0 spiro atoms. The maximum Gasteiger partial charge on any atom is 0.191 e. The van der Waals surface area contributed by atoms with Gasteiger partial charge in [0.25, 0.3) is 0 Å². The summed E-state index contributed by atoms with van der Waals surface area (Å²) in [7, 11) is 1.79. The molecule has 146 valence electrons. The Labute approximate surface area is 157 Å². The minimum Gasteiger partial charge on any atom is -0.385 e. The van der Waals surface area contributed by atoms with Crippen LogP contribution in [0.2, 0.25) is 0 Å². The first-order valence-electron chi connectivity index (χ1n) is 10.2. The van der Waals surface area contributed by atoms with Crippen LogP contribution in [0.15, 0.2) is 4.99 Å². The fourth-order valence-electron chi connectivity index (χ4n) is 4.21. The smallest absolute Gasteiger partial charge is 0.191 e. The lowest BCUT2D eigenvalue weighted by molar-refractivity contribution is 0.138. The molecule has 0 unspecified atom stereocenters. The number of aromatic nitrogens is 3. The number of aliphatic imine (C=N–C) groups is 1. The van der Waals surface area contributed by atoms with E-state index in [1.165, 1.54) is 38.5 Å². The van der Waals surface area contributed by atoms with Crippen LogP contribution in [0.5, 0.6) is 0 Å². The van der Waals surface area contributed by atoms with Crippen LogP contribution in [-0.4, -0.2) is 47.5 Å². The molecule has 7 heteroatoms. The summed E-state index contributed by atoms with van der Waals surface area (Å²) in [6.45, 7) is 6.35. The number of nitrogens with zero attached hydrogens (tertiary/aromatic N) is 4. The van der Waals surface area contributed by atoms with Crippen molar-refractivity contribution in [1.82, 2.24) is 25.4 Å². The van der Waals surface area contributed by atoms with Gasteiger partial charge >= 0.3 is 0 Å². The summed E-state index contributed by atoms with van der Waals surface area (Å²) in [4.78, 5) is 4.78. The van der Waals surface area contributed by atoms with Crippen LogP contribution < -0.4 is 10.6 Å². The van der Waals surface area contributed by atoms with Crippen LogP contribution in [0.4, 0.5) is 0 Å². The summed E-state index contributed by atoms with van der Waals surface area (Å²) < 4.78 is 7.58. The number of fused-ring (bicyclic) bond motifs is 1. The number of nitrogens with one attached hydrogen (secondary N) is 2. The average molecular weight is 363 g/mol. The largest absolute Gasteiger partial charge is 0.385 e. The second-order valence-corrected chi connectivity index (χ2v) is 7.64. The molecule has 0 radical (unpaired) electrons. The number of rotatable bonds is 8. The monoisotopic (exact) mass is 362 g/mol. The number of aryl methyl sites for hydroxylation is 1. The van der Waals surface area contributed by atoms with Crippen LogP contribution in [0.25, 0.3) is 0 Å². The Morgan fingerprint density at radius 2 is 2.04 bits per heavy atom. The number of ether oxygens (including phenoxy) is 1. The van der Waals surface area contributed by atoms with Crippen molar-refractivity contribution in [1.29, 1.82) is 0 Å². The summed E-state index contributed by atoms with van der Waals surface area (Å²) in [6, 6.07) is 0. The fraction of sp³-hybridized carbons (Fsp3) is 0.842. The molecule has 26 heavy (non-hydrogen) atoms. The highest BCUT2D eigenvalue weighted by Gasteiger charge is 2.33. The lowest BCUT2D eigenvalue weighted by Crippen LogP contribution is -2.43. The first kappa shape index (κ1) is 19.1. The first-order chi connectivity index (χ1) is 12.8. The van der Waals surface area contributed by atoms with Gasteiger partial charge in [-0.05, 0) is 44.4 Å². The van der Waals surface area contributed by atoms with Gasteiger partial charge in [0.05, 0.1) is 0 Å². The van der Waals surface area contributed by atoms with E-state index in [-0.39, 0.29) is 0 Å². The van der Waals surface area contributed by atoms with Crippen molar-refractivity contribution in [3.8, 4) is 0 Å². The second kappa shape index (κ2) is 9.35. The lowest BCUT2D eigenvalue weighted by atomic mass is 9.83. The van der Waals surface area contributed by atoms with E-state index >= 15 is 0 Å². The highest BCUT2D eigenvalue weighted by Crippen LogP contribution is 2.40. The average Bonchev–Trinajstić information content (AvgIpc) is 3.30. The van der Waals surface area contributed by atoms with Crippen molar-refractivity contribution in [3.63, 3.8) is 0 Å². The summed E-state index contributed by atoms with van der Waals surface area (Å²) in [5.74, 6) is 2.97. The molecule has 0 atom stereocenters. The number of hydrogen-bond donors (Lipinski definition) is 2. The maximum absolute atomic E-state index is 5.34. The van der Waals surface area contributed by atoms with Gasteiger partial charge in [0, 0.05) is 39.8 Å². The van der Waals surface area contributed by atoms with Crippen molar-refractivity contribution < 1.29 is 4.74 Å². The normalized spacial score (nSPS) is 19.4. The Kier molecular flexibility index (Phi) is 6.88. The molecule has 3 rings (SSSR count). The Bertz CT molecular complexity index is 591. The van der Waals surface area contributed by atoms with Crippen molar-refractivity contribution >= 4 is 5.96 Å². The van der Waals surface area contributed by atoms with Crippen molar-refractivity contribution in [2.24, 2.45) is 10.4 Å². The van der Waals surface area contributed by atoms with E-state index in [1.54, 1.807) is 7.11 Å². The third kappa shape index (κ3) is 4.75. The van der Waals surface area contributed by atoms with Crippen molar-refractivity contribution in [2.45, 2.75) is 71.4 Å². The minimum absolute atomic E-state index is 0.347. The number of guanidine groups is 1. The van der Waals surface area contributed by atoms with Crippen LogP contribution in [0, 0.1) is 5.41 Å². The van der Waals surface area contributed by atoms with E-state index in [4.69, 9.17) is 9.73 Å². The molecule has 0 amide bonds. The van der Waals surface area contributed by atoms with Gasteiger partial charge in [-0.2, -0.15) is 0 Å². The highest BCUT2D eigenvalue weighted by molar-refractivity contribution is 5.79. The molecule has 1 aliphatic heterocycles. The predicted octanol–water partition coefficient (Wildman–Crippen LogP) is 2.27.